The van der Waals surface area contributed by atoms with E-state index < -0.39 is 0 Å². The lowest BCUT2D eigenvalue weighted by Gasteiger charge is -2.10. The Balaban J connectivity index is 2.08. The van der Waals surface area contributed by atoms with Crippen LogP contribution >= 0.6 is 0 Å². The van der Waals surface area contributed by atoms with Crippen molar-refractivity contribution in [1.82, 2.24) is 4.98 Å². The van der Waals surface area contributed by atoms with Crippen LogP contribution in [0.1, 0.15) is 27.2 Å². The van der Waals surface area contributed by atoms with Crippen molar-refractivity contribution in [1.29, 1.82) is 5.26 Å². The van der Waals surface area contributed by atoms with Crippen LogP contribution in [0.4, 0.5) is 5.69 Å². The number of rotatable bonds is 2. The Labute approximate surface area is 134 Å². The number of hydrogen-bond donors (Lipinski definition) is 1. The first-order valence-electron chi connectivity index (χ1n) is 7.27. The Morgan fingerprint density at radius 2 is 1.91 bits per heavy atom. The molecule has 0 fully saturated rings. The molecule has 23 heavy (non-hydrogen) atoms. The highest BCUT2D eigenvalue weighted by molar-refractivity contribution is 6.12. The summed E-state index contributed by atoms with van der Waals surface area (Å²) in [5.74, 6) is -0.242. The zero-order valence-corrected chi connectivity index (χ0v) is 12.9. The normalized spacial score (nSPS) is 10.3. The standard InChI is InChI=1S/C19H15N3O/c1-12-7-8-18-15(9-12)16(10-13(2)21-18)19(23)22-17-6-4-3-5-14(17)11-20/h3-10H,1-2H3,(H,22,23). The summed E-state index contributed by atoms with van der Waals surface area (Å²) in [5.41, 5.74) is 4.13. The van der Waals surface area contributed by atoms with Crippen LogP contribution < -0.4 is 5.32 Å². The van der Waals surface area contributed by atoms with Gasteiger partial charge >= 0.3 is 0 Å². The Hall–Kier alpha value is -3.19. The van der Waals surface area contributed by atoms with Crippen LogP contribution in [0, 0.1) is 25.2 Å². The van der Waals surface area contributed by atoms with E-state index in [1.807, 2.05) is 32.0 Å². The lowest BCUT2D eigenvalue weighted by atomic mass is 10.0. The van der Waals surface area contributed by atoms with Crippen molar-refractivity contribution in [2.75, 3.05) is 5.32 Å². The Kier molecular flexibility index (Phi) is 3.78. The van der Waals surface area contributed by atoms with Gasteiger partial charge in [0.15, 0.2) is 0 Å². The van der Waals surface area contributed by atoms with E-state index in [9.17, 15) is 4.79 Å². The zero-order valence-electron chi connectivity index (χ0n) is 12.9. The summed E-state index contributed by atoms with van der Waals surface area (Å²) < 4.78 is 0. The third-order valence-electron chi connectivity index (χ3n) is 3.63. The third-order valence-corrected chi connectivity index (χ3v) is 3.63. The zero-order chi connectivity index (χ0) is 16.4. The van der Waals surface area contributed by atoms with Crippen molar-refractivity contribution in [2.24, 2.45) is 0 Å². The number of nitrogens with zero attached hydrogens (tertiary/aromatic N) is 2. The molecule has 112 valence electrons. The van der Waals surface area contributed by atoms with Gasteiger partial charge in [-0.15, -0.1) is 0 Å². The topological polar surface area (TPSA) is 65.8 Å². The number of aryl methyl sites for hydroxylation is 2. The van der Waals surface area contributed by atoms with Gasteiger partial charge in [0.2, 0.25) is 0 Å². The lowest BCUT2D eigenvalue weighted by Crippen LogP contribution is -2.14. The Morgan fingerprint density at radius 3 is 2.70 bits per heavy atom. The molecule has 0 saturated heterocycles. The second-order valence-corrected chi connectivity index (χ2v) is 5.44. The quantitative estimate of drug-likeness (QED) is 0.778. The molecule has 1 heterocycles. The lowest BCUT2D eigenvalue weighted by molar-refractivity contribution is 0.102. The molecule has 0 aliphatic rings. The van der Waals surface area contributed by atoms with Crippen molar-refractivity contribution in [3.63, 3.8) is 0 Å². The SMILES string of the molecule is Cc1ccc2nc(C)cc(C(=O)Nc3ccccc3C#N)c2c1. The fraction of sp³-hybridized carbons (Fsp3) is 0.105. The van der Waals surface area contributed by atoms with Gasteiger partial charge < -0.3 is 5.32 Å². The number of hydrogen-bond acceptors (Lipinski definition) is 3. The largest absolute Gasteiger partial charge is 0.321 e. The highest BCUT2D eigenvalue weighted by atomic mass is 16.1. The molecular formula is C19H15N3O. The molecule has 0 aliphatic carbocycles. The number of anilines is 1. The first-order valence-corrected chi connectivity index (χ1v) is 7.27. The first-order chi connectivity index (χ1) is 11.1. The summed E-state index contributed by atoms with van der Waals surface area (Å²) in [6.45, 7) is 3.84. The molecule has 0 atom stereocenters. The fourth-order valence-electron chi connectivity index (χ4n) is 2.54. The smallest absolute Gasteiger partial charge is 0.256 e. The summed E-state index contributed by atoms with van der Waals surface area (Å²) >= 11 is 0. The van der Waals surface area contributed by atoms with E-state index in [0.29, 0.717) is 16.8 Å². The number of amides is 1. The van der Waals surface area contributed by atoms with Crippen LogP contribution in [0.25, 0.3) is 10.9 Å². The predicted octanol–water partition coefficient (Wildman–Crippen LogP) is 3.98. The number of benzene rings is 2. The van der Waals surface area contributed by atoms with Gasteiger partial charge in [0.1, 0.15) is 6.07 Å². The maximum Gasteiger partial charge on any atom is 0.256 e. The van der Waals surface area contributed by atoms with Crippen LogP contribution in [0.3, 0.4) is 0 Å². The fourth-order valence-corrected chi connectivity index (χ4v) is 2.54. The van der Waals surface area contributed by atoms with Gasteiger partial charge in [0.25, 0.3) is 5.91 Å². The monoisotopic (exact) mass is 301 g/mol. The molecule has 0 unspecified atom stereocenters. The minimum absolute atomic E-state index is 0.242. The molecule has 4 nitrogen and oxygen atoms in total. The summed E-state index contributed by atoms with van der Waals surface area (Å²) in [6, 6.07) is 16.6. The Morgan fingerprint density at radius 1 is 1.13 bits per heavy atom. The molecule has 3 aromatic rings. The molecule has 4 heteroatoms. The molecule has 0 bridgehead atoms. The summed E-state index contributed by atoms with van der Waals surface area (Å²) in [4.78, 5) is 17.2. The maximum atomic E-state index is 12.7. The van der Waals surface area contributed by atoms with E-state index in [1.165, 1.54) is 0 Å². The van der Waals surface area contributed by atoms with Crippen LogP contribution in [-0.2, 0) is 0 Å². The van der Waals surface area contributed by atoms with Crippen LogP contribution in [0.5, 0.6) is 0 Å². The third kappa shape index (κ3) is 2.90. The van der Waals surface area contributed by atoms with E-state index in [1.54, 1.807) is 30.3 Å². The highest BCUT2D eigenvalue weighted by Gasteiger charge is 2.14. The van der Waals surface area contributed by atoms with Gasteiger partial charge in [0, 0.05) is 11.1 Å². The minimum Gasteiger partial charge on any atom is -0.321 e. The summed E-state index contributed by atoms with van der Waals surface area (Å²) in [6.07, 6.45) is 0. The number of carbonyl (C=O) groups is 1. The number of para-hydroxylation sites is 1. The number of nitrogens with one attached hydrogen (secondary N) is 1. The molecule has 0 aliphatic heterocycles. The van der Waals surface area contributed by atoms with Crippen molar-refractivity contribution in [3.8, 4) is 6.07 Å². The van der Waals surface area contributed by atoms with Crippen molar-refractivity contribution in [2.45, 2.75) is 13.8 Å². The number of fused-ring (bicyclic) bond motifs is 1. The highest BCUT2D eigenvalue weighted by Crippen LogP contribution is 2.22. The van der Waals surface area contributed by atoms with E-state index >= 15 is 0 Å². The second-order valence-electron chi connectivity index (χ2n) is 5.44. The summed E-state index contributed by atoms with van der Waals surface area (Å²) in [7, 11) is 0. The molecule has 3 rings (SSSR count). The van der Waals surface area contributed by atoms with Crippen LogP contribution in [0.2, 0.25) is 0 Å². The molecule has 0 saturated carbocycles. The van der Waals surface area contributed by atoms with E-state index in [2.05, 4.69) is 16.4 Å². The first kappa shape index (κ1) is 14.7. The minimum atomic E-state index is -0.242. The average Bonchev–Trinajstić information content (AvgIpc) is 2.55. The number of aromatic nitrogens is 1. The maximum absolute atomic E-state index is 12.7. The molecule has 0 radical (unpaired) electrons. The van der Waals surface area contributed by atoms with Crippen molar-refractivity contribution < 1.29 is 4.79 Å². The molecule has 1 N–H and O–H groups in total. The van der Waals surface area contributed by atoms with E-state index in [-0.39, 0.29) is 5.91 Å². The molecule has 1 aromatic heterocycles. The van der Waals surface area contributed by atoms with Crippen molar-refractivity contribution in [3.05, 3.63) is 70.9 Å². The predicted molar refractivity (Wildman–Crippen MR) is 90.3 cm³/mol. The second kappa shape index (κ2) is 5.90. The van der Waals surface area contributed by atoms with Gasteiger partial charge in [-0.05, 0) is 44.2 Å². The van der Waals surface area contributed by atoms with E-state index in [0.717, 1.165) is 22.2 Å². The molecule has 0 spiro atoms. The molecular weight excluding hydrogens is 286 g/mol. The van der Waals surface area contributed by atoms with Gasteiger partial charge in [-0.1, -0.05) is 23.8 Å². The van der Waals surface area contributed by atoms with Gasteiger partial charge in [-0.25, -0.2) is 0 Å². The Bertz CT molecular complexity index is 954. The van der Waals surface area contributed by atoms with Crippen molar-refractivity contribution >= 4 is 22.5 Å². The summed E-state index contributed by atoms with van der Waals surface area (Å²) in [5, 5.41) is 12.8. The average molecular weight is 301 g/mol. The molecule has 2 aromatic carbocycles. The number of carbonyl (C=O) groups excluding carboxylic acids is 1. The van der Waals surface area contributed by atoms with Gasteiger partial charge in [0.05, 0.1) is 22.3 Å². The molecule has 1 amide bonds. The van der Waals surface area contributed by atoms with Crippen LogP contribution in [0.15, 0.2) is 48.5 Å². The van der Waals surface area contributed by atoms with Gasteiger partial charge in [-0.3, -0.25) is 9.78 Å². The number of pyridine rings is 1. The van der Waals surface area contributed by atoms with E-state index in [4.69, 9.17) is 5.26 Å². The van der Waals surface area contributed by atoms with Gasteiger partial charge in [-0.2, -0.15) is 5.26 Å². The van der Waals surface area contributed by atoms with Crippen LogP contribution in [-0.4, -0.2) is 10.9 Å². The number of nitriles is 1.